The molecule has 2 aliphatic rings. The molecule has 3 rings (SSSR count). The van der Waals surface area contributed by atoms with Crippen molar-refractivity contribution in [3.63, 3.8) is 0 Å². The van der Waals surface area contributed by atoms with E-state index in [1.54, 1.807) is 0 Å². The third-order valence-corrected chi connectivity index (χ3v) is 5.43. The van der Waals surface area contributed by atoms with Gasteiger partial charge in [-0.25, -0.2) is 0 Å². The van der Waals surface area contributed by atoms with E-state index in [9.17, 15) is 24.8 Å². The summed E-state index contributed by atoms with van der Waals surface area (Å²) in [7, 11) is 0. The highest BCUT2D eigenvalue weighted by molar-refractivity contribution is 7.17. The van der Waals surface area contributed by atoms with Crippen LogP contribution in [0.5, 0.6) is 0 Å². The average molecular weight is 326 g/mol. The molecule has 1 aromatic rings. The summed E-state index contributed by atoms with van der Waals surface area (Å²) >= 11 is 0.808. The van der Waals surface area contributed by atoms with Gasteiger partial charge in [0.1, 0.15) is 0 Å². The van der Waals surface area contributed by atoms with Crippen molar-refractivity contribution in [3.8, 4) is 0 Å². The molecule has 8 nitrogen and oxygen atoms in total. The van der Waals surface area contributed by atoms with Crippen LogP contribution in [-0.4, -0.2) is 53.1 Å². The van der Waals surface area contributed by atoms with Crippen molar-refractivity contribution in [2.24, 2.45) is 11.3 Å². The van der Waals surface area contributed by atoms with Gasteiger partial charge in [-0.15, -0.1) is 0 Å². The van der Waals surface area contributed by atoms with Crippen LogP contribution >= 0.6 is 11.3 Å². The predicted molar refractivity (Wildman–Crippen MR) is 75.9 cm³/mol. The topological polar surface area (TPSA) is 110 Å². The Bertz CT molecular complexity index is 644. The van der Waals surface area contributed by atoms with E-state index in [1.807, 2.05) is 0 Å². The standard InChI is InChI=1S/C13H14N2O6S/c16-11(9-1-2-10(22-9)15(19)20)14-5-8-6-21-4-3-13(8,7-14)12(17)18/h1-2,8H,3-7H2,(H,17,18)/t8-,13+/m0/s1. The predicted octanol–water partition coefficient (Wildman–Crippen LogP) is 1.22. The number of likely N-dealkylation sites (tertiary alicyclic amines) is 1. The Morgan fingerprint density at radius 1 is 1.50 bits per heavy atom. The van der Waals surface area contributed by atoms with Gasteiger partial charge in [-0.1, -0.05) is 11.3 Å². The molecule has 0 unspecified atom stereocenters. The molecule has 1 N–H and O–H groups in total. The lowest BCUT2D eigenvalue weighted by Gasteiger charge is -2.33. The van der Waals surface area contributed by atoms with Gasteiger partial charge in [0.15, 0.2) is 0 Å². The molecule has 2 fully saturated rings. The van der Waals surface area contributed by atoms with E-state index in [1.165, 1.54) is 17.0 Å². The normalized spacial score (nSPS) is 27.5. The highest BCUT2D eigenvalue weighted by atomic mass is 32.1. The Balaban J connectivity index is 1.82. The van der Waals surface area contributed by atoms with E-state index in [4.69, 9.17) is 4.74 Å². The first-order chi connectivity index (χ1) is 10.4. The molecule has 2 aliphatic heterocycles. The number of nitro groups is 1. The quantitative estimate of drug-likeness (QED) is 0.660. The van der Waals surface area contributed by atoms with Gasteiger partial charge in [-0.05, 0) is 12.5 Å². The fraction of sp³-hybridized carbons (Fsp3) is 0.538. The number of hydrogen-bond acceptors (Lipinski definition) is 6. The molecule has 1 aromatic heterocycles. The van der Waals surface area contributed by atoms with Crippen molar-refractivity contribution in [1.29, 1.82) is 0 Å². The van der Waals surface area contributed by atoms with Crippen LogP contribution in [0.1, 0.15) is 16.1 Å². The van der Waals surface area contributed by atoms with E-state index in [-0.39, 0.29) is 28.2 Å². The van der Waals surface area contributed by atoms with E-state index < -0.39 is 16.3 Å². The molecule has 22 heavy (non-hydrogen) atoms. The van der Waals surface area contributed by atoms with E-state index in [0.29, 0.717) is 26.2 Å². The van der Waals surface area contributed by atoms with Gasteiger partial charge in [0.2, 0.25) is 0 Å². The smallest absolute Gasteiger partial charge is 0.324 e. The molecule has 2 atom stereocenters. The number of carbonyl (C=O) groups excluding carboxylic acids is 1. The summed E-state index contributed by atoms with van der Waals surface area (Å²) in [4.78, 5) is 36.0. The molecule has 9 heteroatoms. The molecule has 0 spiro atoms. The monoisotopic (exact) mass is 326 g/mol. The number of carboxylic acid groups (broad SMARTS) is 1. The van der Waals surface area contributed by atoms with Gasteiger partial charge >= 0.3 is 11.0 Å². The van der Waals surface area contributed by atoms with Gasteiger partial charge in [0, 0.05) is 31.7 Å². The van der Waals surface area contributed by atoms with Crippen molar-refractivity contribution >= 4 is 28.2 Å². The number of rotatable bonds is 3. The largest absolute Gasteiger partial charge is 0.481 e. The summed E-state index contributed by atoms with van der Waals surface area (Å²) < 4.78 is 5.34. The number of aliphatic carboxylic acids is 1. The molecule has 3 heterocycles. The number of nitrogens with zero attached hydrogens (tertiary/aromatic N) is 2. The maximum absolute atomic E-state index is 12.5. The lowest BCUT2D eigenvalue weighted by molar-refractivity contribution is -0.380. The minimum Gasteiger partial charge on any atom is -0.481 e. The van der Waals surface area contributed by atoms with Gasteiger partial charge in [0.25, 0.3) is 5.91 Å². The fourth-order valence-corrected chi connectivity index (χ4v) is 3.94. The highest BCUT2D eigenvalue weighted by Crippen LogP contribution is 2.43. The van der Waals surface area contributed by atoms with Crippen LogP contribution in [0, 0.1) is 21.4 Å². The van der Waals surface area contributed by atoms with Crippen molar-refractivity contribution in [2.45, 2.75) is 6.42 Å². The number of carbonyl (C=O) groups is 2. The molecular weight excluding hydrogens is 312 g/mol. The first-order valence-corrected chi connectivity index (χ1v) is 7.60. The second kappa shape index (κ2) is 5.33. The van der Waals surface area contributed by atoms with Crippen molar-refractivity contribution in [3.05, 3.63) is 27.1 Å². The van der Waals surface area contributed by atoms with Crippen LogP contribution in [0.3, 0.4) is 0 Å². The minimum atomic E-state index is -0.961. The van der Waals surface area contributed by atoms with Crippen LogP contribution < -0.4 is 0 Å². The van der Waals surface area contributed by atoms with Crippen molar-refractivity contribution < 1.29 is 24.4 Å². The number of hydrogen-bond donors (Lipinski definition) is 1. The Kier molecular flexibility index (Phi) is 3.61. The molecule has 0 radical (unpaired) electrons. The molecule has 2 saturated heterocycles. The summed E-state index contributed by atoms with van der Waals surface area (Å²) in [5.41, 5.74) is -0.961. The van der Waals surface area contributed by atoms with Gasteiger partial charge < -0.3 is 14.7 Å². The van der Waals surface area contributed by atoms with Crippen LogP contribution in [-0.2, 0) is 9.53 Å². The lowest BCUT2D eigenvalue weighted by Crippen LogP contribution is -2.45. The lowest BCUT2D eigenvalue weighted by atomic mass is 9.74. The first-order valence-electron chi connectivity index (χ1n) is 6.79. The fourth-order valence-electron chi connectivity index (χ4n) is 3.15. The zero-order valence-corrected chi connectivity index (χ0v) is 12.4. The van der Waals surface area contributed by atoms with Crippen LogP contribution in [0.4, 0.5) is 5.00 Å². The molecule has 0 aromatic carbocycles. The molecule has 0 saturated carbocycles. The van der Waals surface area contributed by atoms with Crippen molar-refractivity contribution in [2.75, 3.05) is 26.3 Å². The van der Waals surface area contributed by atoms with E-state index in [0.717, 1.165) is 11.3 Å². The Morgan fingerprint density at radius 2 is 2.27 bits per heavy atom. The third-order valence-electron chi connectivity index (χ3n) is 4.40. The zero-order valence-electron chi connectivity index (χ0n) is 11.6. The highest BCUT2D eigenvalue weighted by Gasteiger charge is 2.55. The maximum Gasteiger partial charge on any atom is 0.324 e. The van der Waals surface area contributed by atoms with E-state index >= 15 is 0 Å². The third kappa shape index (κ3) is 2.26. The Morgan fingerprint density at radius 3 is 2.86 bits per heavy atom. The summed E-state index contributed by atoms with van der Waals surface area (Å²) in [5.74, 6) is -1.50. The average Bonchev–Trinajstić information content (AvgIpc) is 3.11. The van der Waals surface area contributed by atoms with Crippen molar-refractivity contribution in [1.82, 2.24) is 4.90 Å². The number of thiophene rings is 1. The molecule has 118 valence electrons. The number of fused-ring (bicyclic) bond motifs is 1. The zero-order chi connectivity index (χ0) is 15.9. The molecular formula is C13H14N2O6S. The number of ether oxygens (including phenoxy) is 1. The van der Waals surface area contributed by atoms with E-state index in [2.05, 4.69) is 0 Å². The molecule has 0 aliphatic carbocycles. The minimum absolute atomic E-state index is 0.101. The van der Waals surface area contributed by atoms with Crippen LogP contribution in [0.25, 0.3) is 0 Å². The second-order valence-electron chi connectivity index (χ2n) is 5.56. The number of amides is 1. The SMILES string of the molecule is O=C(c1ccc([N+](=O)[O-])s1)N1C[C@H]2COCC[C@@]2(C(=O)O)C1. The summed E-state index contributed by atoms with van der Waals surface area (Å²) in [5, 5.41) is 20.2. The van der Waals surface area contributed by atoms with Crippen LogP contribution in [0.2, 0.25) is 0 Å². The van der Waals surface area contributed by atoms with Gasteiger partial charge in [-0.2, -0.15) is 0 Å². The summed E-state index contributed by atoms with van der Waals surface area (Å²) in [6, 6.07) is 2.70. The number of carboxylic acids is 1. The second-order valence-corrected chi connectivity index (χ2v) is 6.63. The molecule has 1 amide bonds. The Labute approximate surface area is 129 Å². The van der Waals surface area contributed by atoms with Crippen LogP contribution in [0.15, 0.2) is 12.1 Å². The first kappa shape index (κ1) is 14.9. The maximum atomic E-state index is 12.5. The van der Waals surface area contributed by atoms with Gasteiger partial charge in [0.05, 0.1) is 21.8 Å². The Hall–Kier alpha value is -2.00. The summed E-state index contributed by atoms with van der Waals surface area (Å²) in [6.07, 6.45) is 0.376. The summed E-state index contributed by atoms with van der Waals surface area (Å²) in [6.45, 7) is 1.12. The molecule has 0 bridgehead atoms. The van der Waals surface area contributed by atoms with Gasteiger partial charge in [-0.3, -0.25) is 19.7 Å².